The molecular weight excluding hydrogens is 263 g/mol. The van der Waals surface area contributed by atoms with Gasteiger partial charge in [0.25, 0.3) is 0 Å². The zero-order valence-corrected chi connectivity index (χ0v) is 11.7. The third kappa shape index (κ3) is 2.38. The second-order valence-electron chi connectivity index (χ2n) is 5.32. The van der Waals surface area contributed by atoms with Gasteiger partial charge < -0.3 is 4.74 Å². The van der Waals surface area contributed by atoms with E-state index >= 15 is 0 Å². The van der Waals surface area contributed by atoms with Crippen molar-refractivity contribution in [3.8, 4) is 0 Å². The number of carbonyl (C=O) groups is 1. The summed E-state index contributed by atoms with van der Waals surface area (Å²) >= 11 is 1.93. The summed E-state index contributed by atoms with van der Waals surface area (Å²) in [7, 11) is 1.45. The lowest BCUT2D eigenvalue weighted by Gasteiger charge is -2.34. The SMILES string of the molecule is COC(=O)[C@@H]1C2CCC(C[C@@H]1c1ccc(F)cc1)S2. The molecule has 2 aliphatic heterocycles. The van der Waals surface area contributed by atoms with Crippen molar-refractivity contribution in [2.75, 3.05) is 7.11 Å². The minimum absolute atomic E-state index is 0.0841. The summed E-state index contributed by atoms with van der Waals surface area (Å²) in [6.45, 7) is 0. The van der Waals surface area contributed by atoms with Crippen LogP contribution in [0.2, 0.25) is 0 Å². The molecule has 4 heteroatoms. The highest BCUT2D eigenvalue weighted by Gasteiger charge is 2.47. The molecule has 2 bridgehead atoms. The van der Waals surface area contributed by atoms with Crippen molar-refractivity contribution >= 4 is 17.7 Å². The van der Waals surface area contributed by atoms with Crippen LogP contribution in [0, 0.1) is 11.7 Å². The van der Waals surface area contributed by atoms with Gasteiger partial charge >= 0.3 is 5.97 Å². The molecular formula is C15H17FO2S. The van der Waals surface area contributed by atoms with E-state index in [0.29, 0.717) is 10.5 Å². The van der Waals surface area contributed by atoms with Crippen molar-refractivity contribution in [3.63, 3.8) is 0 Å². The Balaban J connectivity index is 1.92. The smallest absolute Gasteiger partial charge is 0.310 e. The Labute approximate surface area is 116 Å². The van der Waals surface area contributed by atoms with E-state index < -0.39 is 0 Å². The minimum Gasteiger partial charge on any atom is -0.469 e. The van der Waals surface area contributed by atoms with E-state index in [0.717, 1.165) is 18.4 Å². The standard InChI is InChI=1S/C15H17FO2S/c1-18-15(17)14-12(8-11-6-7-13(14)19-11)9-2-4-10(16)5-3-9/h2-5,11-14H,6-8H2,1H3/t11?,12-,13?,14+/m1/s1. The van der Waals surface area contributed by atoms with Gasteiger partial charge in [0.05, 0.1) is 13.0 Å². The van der Waals surface area contributed by atoms with Crippen LogP contribution in [-0.2, 0) is 9.53 Å². The average Bonchev–Trinajstić information content (AvgIpc) is 2.80. The number of rotatable bonds is 2. The van der Waals surface area contributed by atoms with Gasteiger partial charge in [-0.2, -0.15) is 11.8 Å². The van der Waals surface area contributed by atoms with E-state index in [-0.39, 0.29) is 23.6 Å². The fraction of sp³-hybridized carbons (Fsp3) is 0.533. The Morgan fingerprint density at radius 2 is 2.05 bits per heavy atom. The highest BCUT2D eigenvalue weighted by atomic mass is 32.2. The number of halogens is 1. The fourth-order valence-electron chi connectivity index (χ4n) is 3.37. The largest absolute Gasteiger partial charge is 0.469 e. The maximum absolute atomic E-state index is 13.0. The van der Waals surface area contributed by atoms with E-state index in [9.17, 15) is 9.18 Å². The van der Waals surface area contributed by atoms with Crippen molar-refractivity contribution in [2.45, 2.75) is 35.7 Å². The molecule has 2 saturated heterocycles. The number of methoxy groups -OCH3 is 1. The summed E-state index contributed by atoms with van der Waals surface area (Å²) in [5, 5.41) is 1.00. The number of hydrogen-bond acceptors (Lipinski definition) is 3. The molecule has 0 saturated carbocycles. The molecule has 2 fully saturated rings. The molecule has 0 spiro atoms. The van der Waals surface area contributed by atoms with Gasteiger partial charge in [0.1, 0.15) is 5.82 Å². The molecule has 0 N–H and O–H groups in total. The van der Waals surface area contributed by atoms with Crippen LogP contribution in [0.5, 0.6) is 0 Å². The lowest BCUT2D eigenvalue weighted by atomic mass is 9.81. The van der Waals surface area contributed by atoms with E-state index in [1.54, 1.807) is 0 Å². The van der Waals surface area contributed by atoms with Crippen LogP contribution in [0.1, 0.15) is 30.7 Å². The summed E-state index contributed by atoms with van der Waals surface area (Å²) in [6.07, 6.45) is 3.26. The summed E-state index contributed by atoms with van der Waals surface area (Å²) in [5.74, 6) is -0.260. The maximum atomic E-state index is 13.0. The molecule has 4 atom stereocenters. The zero-order chi connectivity index (χ0) is 13.4. The fourth-order valence-corrected chi connectivity index (χ4v) is 5.19. The lowest BCUT2D eigenvalue weighted by molar-refractivity contribution is -0.146. The summed E-state index contributed by atoms with van der Waals surface area (Å²) < 4.78 is 18.0. The summed E-state index contributed by atoms with van der Waals surface area (Å²) in [5.41, 5.74) is 1.06. The highest BCUT2D eigenvalue weighted by Crippen LogP contribution is 2.52. The predicted octanol–water partition coefficient (Wildman–Crippen LogP) is 3.37. The first-order valence-electron chi connectivity index (χ1n) is 6.68. The Bertz CT molecular complexity index is 474. The quantitative estimate of drug-likeness (QED) is 0.777. The van der Waals surface area contributed by atoms with Gasteiger partial charge in [-0.3, -0.25) is 4.79 Å². The number of benzene rings is 1. The summed E-state index contributed by atoms with van der Waals surface area (Å²) in [4.78, 5) is 12.1. The second kappa shape index (κ2) is 5.16. The van der Waals surface area contributed by atoms with Gasteiger partial charge in [0.2, 0.25) is 0 Å². The van der Waals surface area contributed by atoms with Gasteiger partial charge in [-0.1, -0.05) is 12.1 Å². The van der Waals surface area contributed by atoms with Crippen molar-refractivity contribution in [3.05, 3.63) is 35.6 Å². The van der Waals surface area contributed by atoms with E-state index in [2.05, 4.69) is 0 Å². The zero-order valence-electron chi connectivity index (χ0n) is 10.8. The average molecular weight is 280 g/mol. The van der Waals surface area contributed by atoms with Gasteiger partial charge in [-0.15, -0.1) is 0 Å². The molecule has 2 heterocycles. The van der Waals surface area contributed by atoms with Crippen molar-refractivity contribution in [2.24, 2.45) is 5.92 Å². The predicted molar refractivity (Wildman–Crippen MR) is 73.7 cm³/mol. The van der Waals surface area contributed by atoms with Crippen LogP contribution in [0.25, 0.3) is 0 Å². The first kappa shape index (κ1) is 13.0. The molecule has 1 aromatic rings. The van der Waals surface area contributed by atoms with Crippen molar-refractivity contribution < 1.29 is 13.9 Å². The maximum Gasteiger partial charge on any atom is 0.310 e. The normalized spacial score (nSPS) is 33.2. The van der Waals surface area contributed by atoms with Crippen LogP contribution in [0.15, 0.2) is 24.3 Å². The number of hydrogen-bond donors (Lipinski definition) is 0. The van der Waals surface area contributed by atoms with Crippen molar-refractivity contribution in [1.29, 1.82) is 0 Å². The molecule has 0 aliphatic carbocycles. The summed E-state index contributed by atoms with van der Waals surface area (Å²) in [6, 6.07) is 6.58. The highest BCUT2D eigenvalue weighted by molar-refractivity contribution is 8.00. The minimum atomic E-state index is -0.230. The van der Waals surface area contributed by atoms with Gasteiger partial charge in [-0.05, 0) is 42.9 Å². The molecule has 1 aromatic carbocycles. The van der Waals surface area contributed by atoms with Gasteiger partial charge in [0.15, 0.2) is 0 Å². The van der Waals surface area contributed by atoms with E-state index in [1.807, 2.05) is 23.9 Å². The first-order valence-corrected chi connectivity index (χ1v) is 7.62. The third-order valence-corrected chi connectivity index (χ3v) is 5.95. The molecule has 2 unspecified atom stereocenters. The van der Waals surface area contributed by atoms with E-state index in [1.165, 1.54) is 25.7 Å². The Kier molecular flexibility index (Phi) is 3.52. The van der Waals surface area contributed by atoms with Crippen LogP contribution in [0.4, 0.5) is 4.39 Å². The lowest BCUT2D eigenvalue weighted by Crippen LogP contribution is -2.35. The molecule has 0 amide bonds. The van der Waals surface area contributed by atoms with E-state index in [4.69, 9.17) is 4.74 Å². The second-order valence-corrected chi connectivity index (χ2v) is 6.86. The number of thioether (sulfide) groups is 1. The van der Waals surface area contributed by atoms with Crippen molar-refractivity contribution in [1.82, 2.24) is 0 Å². The number of carbonyl (C=O) groups excluding carboxylic acids is 1. The number of ether oxygens (including phenoxy) is 1. The Morgan fingerprint density at radius 3 is 2.74 bits per heavy atom. The van der Waals surface area contributed by atoms with Crippen LogP contribution >= 0.6 is 11.8 Å². The third-order valence-electron chi connectivity index (χ3n) is 4.26. The van der Waals surface area contributed by atoms with Crippen LogP contribution in [-0.4, -0.2) is 23.6 Å². The van der Waals surface area contributed by atoms with Crippen LogP contribution in [0.3, 0.4) is 0 Å². The Hall–Kier alpha value is -1.03. The molecule has 2 aliphatic rings. The first-order chi connectivity index (χ1) is 9.19. The van der Waals surface area contributed by atoms with Crippen LogP contribution < -0.4 is 0 Å². The van der Waals surface area contributed by atoms with Gasteiger partial charge in [0, 0.05) is 10.5 Å². The molecule has 0 aromatic heterocycles. The molecule has 0 radical (unpaired) electrons. The Morgan fingerprint density at radius 1 is 1.32 bits per heavy atom. The topological polar surface area (TPSA) is 26.3 Å². The molecule has 102 valence electrons. The molecule has 2 nitrogen and oxygen atoms in total. The molecule has 19 heavy (non-hydrogen) atoms. The number of fused-ring (bicyclic) bond motifs is 2. The number of esters is 1. The molecule has 3 rings (SSSR count). The van der Waals surface area contributed by atoms with Gasteiger partial charge in [-0.25, -0.2) is 4.39 Å². The monoisotopic (exact) mass is 280 g/mol.